The van der Waals surface area contributed by atoms with Crippen LogP contribution in [0.3, 0.4) is 0 Å². The number of aryl methyl sites for hydroxylation is 1. The van der Waals surface area contributed by atoms with Crippen molar-refractivity contribution in [3.05, 3.63) is 93.3 Å². The molecule has 4 nitrogen and oxygen atoms in total. The average molecular weight is 482 g/mol. The summed E-state index contributed by atoms with van der Waals surface area (Å²) in [5, 5.41) is 0.652. The lowest BCUT2D eigenvalue weighted by atomic mass is 10.1. The minimum Gasteiger partial charge on any atom is -0.493 e. The van der Waals surface area contributed by atoms with E-state index in [4.69, 9.17) is 33.3 Å². The summed E-state index contributed by atoms with van der Waals surface area (Å²) >= 11 is 13.0. The maximum absolute atomic E-state index is 13.0. The van der Waals surface area contributed by atoms with E-state index in [1.807, 2.05) is 79.7 Å². The molecule has 32 heavy (non-hydrogen) atoms. The predicted octanol–water partition coefficient (Wildman–Crippen LogP) is 6.64. The summed E-state index contributed by atoms with van der Waals surface area (Å²) in [7, 11) is 1.58. The topological polar surface area (TPSA) is 38.8 Å². The minimum atomic E-state index is -0.136. The van der Waals surface area contributed by atoms with E-state index in [9.17, 15) is 4.79 Å². The lowest BCUT2D eigenvalue weighted by molar-refractivity contribution is -0.113. The molecule has 0 N–H and O–H groups in total. The standard InChI is InChI=1S/C25H20ClNO3S2/c1-16-6-5-8-19(12-16)27-24(28)23(32-25(27)31)14-17-10-11-21(22(13-17)29-2)30-15-18-7-3-4-9-20(18)26/h3-14H,15H2,1-2H3/b23-14-. The number of amides is 1. The second-order valence-corrected chi connectivity index (χ2v) is 9.23. The Morgan fingerprint density at radius 1 is 1.06 bits per heavy atom. The molecule has 1 amide bonds. The van der Waals surface area contributed by atoms with Crippen molar-refractivity contribution in [2.24, 2.45) is 0 Å². The highest BCUT2D eigenvalue weighted by molar-refractivity contribution is 8.27. The Bertz CT molecular complexity index is 1230. The summed E-state index contributed by atoms with van der Waals surface area (Å²) in [5.74, 6) is 1.03. The summed E-state index contributed by atoms with van der Waals surface area (Å²) in [4.78, 5) is 15.2. The van der Waals surface area contributed by atoms with Gasteiger partial charge in [-0.2, -0.15) is 0 Å². The summed E-state index contributed by atoms with van der Waals surface area (Å²) in [6.07, 6.45) is 1.81. The molecule has 0 bridgehead atoms. The lowest BCUT2D eigenvalue weighted by Gasteiger charge is -2.15. The third-order valence-corrected chi connectivity index (χ3v) is 6.55. The summed E-state index contributed by atoms with van der Waals surface area (Å²) in [6.45, 7) is 2.31. The molecule has 1 aliphatic heterocycles. The first kappa shape index (κ1) is 22.4. The molecule has 3 aromatic rings. The van der Waals surface area contributed by atoms with Gasteiger partial charge in [-0.05, 0) is 54.5 Å². The van der Waals surface area contributed by atoms with Crippen molar-refractivity contribution in [1.29, 1.82) is 0 Å². The van der Waals surface area contributed by atoms with Crippen LogP contribution < -0.4 is 14.4 Å². The molecule has 3 aromatic carbocycles. The van der Waals surface area contributed by atoms with E-state index < -0.39 is 0 Å². The van der Waals surface area contributed by atoms with Crippen molar-refractivity contribution in [3.8, 4) is 11.5 Å². The van der Waals surface area contributed by atoms with Crippen LogP contribution in [0.5, 0.6) is 11.5 Å². The third-order valence-electron chi connectivity index (χ3n) is 4.88. The van der Waals surface area contributed by atoms with Gasteiger partial charge in [0.15, 0.2) is 15.8 Å². The molecule has 0 unspecified atom stereocenters. The predicted molar refractivity (Wildman–Crippen MR) is 136 cm³/mol. The SMILES string of the molecule is COc1cc(/C=C2\SC(=S)N(c3cccc(C)c3)C2=O)ccc1OCc1ccccc1Cl. The number of ether oxygens (including phenoxy) is 2. The normalized spacial score (nSPS) is 14.8. The van der Waals surface area contributed by atoms with Gasteiger partial charge in [-0.25, -0.2) is 0 Å². The van der Waals surface area contributed by atoms with Crippen LogP contribution in [0.2, 0.25) is 5.02 Å². The number of thiocarbonyl (C=S) groups is 1. The van der Waals surface area contributed by atoms with E-state index >= 15 is 0 Å². The zero-order valence-corrected chi connectivity index (χ0v) is 19.9. The van der Waals surface area contributed by atoms with Crippen molar-refractivity contribution in [2.75, 3.05) is 12.0 Å². The van der Waals surface area contributed by atoms with Crippen LogP contribution in [0.1, 0.15) is 16.7 Å². The fourth-order valence-electron chi connectivity index (χ4n) is 3.27. The van der Waals surface area contributed by atoms with Gasteiger partial charge in [-0.15, -0.1) is 0 Å². The number of anilines is 1. The van der Waals surface area contributed by atoms with Crippen molar-refractivity contribution < 1.29 is 14.3 Å². The van der Waals surface area contributed by atoms with Crippen LogP contribution in [0, 0.1) is 6.92 Å². The molecule has 0 atom stereocenters. The van der Waals surface area contributed by atoms with Gasteiger partial charge in [0.05, 0.1) is 17.7 Å². The molecule has 4 rings (SSSR count). The highest BCUT2D eigenvalue weighted by Gasteiger charge is 2.33. The minimum absolute atomic E-state index is 0.136. The third kappa shape index (κ3) is 4.83. The Labute approximate surface area is 201 Å². The van der Waals surface area contributed by atoms with Gasteiger partial charge in [0, 0.05) is 10.6 Å². The molecule has 0 aliphatic carbocycles. The number of hydrogen-bond acceptors (Lipinski definition) is 5. The van der Waals surface area contributed by atoms with Crippen LogP contribution >= 0.6 is 35.6 Å². The number of rotatable bonds is 6. The highest BCUT2D eigenvalue weighted by Crippen LogP contribution is 2.37. The zero-order chi connectivity index (χ0) is 22.7. The van der Waals surface area contributed by atoms with Crippen molar-refractivity contribution in [1.82, 2.24) is 0 Å². The van der Waals surface area contributed by atoms with E-state index in [0.29, 0.717) is 32.4 Å². The van der Waals surface area contributed by atoms with Crippen LogP contribution in [0.4, 0.5) is 5.69 Å². The molecule has 7 heteroatoms. The summed E-state index contributed by atoms with van der Waals surface area (Å²) in [5.41, 5.74) is 3.55. The number of benzene rings is 3. The molecule has 0 saturated carbocycles. The maximum Gasteiger partial charge on any atom is 0.270 e. The van der Waals surface area contributed by atoms with Gasteiger partial charge in [0.2, 0.25) is 0 Å². The van der Waals surface area contributed by atoms with Crippen LogP contribution in [-0.2, 0) is 11.4 Å². The molecule has 1 fully saturated rings. The molecule has 162 valence electrons. The molecular weight excluding hydrogens is 462 g/mol. The first-order valence-corrected chi connectivity index (χ1v) is 11.5. The fourth-order valence-corrected chi connectivity index (χ4v) is 4.76. The summed E-state index contributed by atoms with van der Waals surface area (Å²) in [6, 6.07) is 20.8. The number of nitrogens with zero attached hydrogens (tertiary/aromatic N) is 1. The quantitative estimate of drug-likeness (QED) is 0.291. The first-order chi connectivity index (χ1) is 15.5. The Morgan fingerprint density at radius 2 is 1.88 bits per heavy atom. The van der Waals surface area contributed by atoms with Crippen LogP contribution in [0.25, 0.3) is 6.08 Å². The van der Waals surface area contributed by atoms with E-state index in [1.165, 1.54) is 11.8 Å². The molecule has 0 aromatic heterocycles. The van der Waals surface area contributed by atoms with Gasteiger partial charge in [0.25, 0.3) is 5.91 Å². The van der Waals surface area contributed by atoms with Gasteiger partial charge in [0.1, 0.15) is 6.61 Å². The fraction of sp³-hybridized carbons (Fsp3) is 0.120. The lowest BCUT2D eigenvalue weighted by Crippen LogP contribution is -2.27. The first-order valence-electron chi connectivity index (χ1n) is 9.85. The van der Waals surface area contributed by atoms with Crippen LogP contribution in [-0.4, -0.2) is 17.3 Å². The summed E-state index contributed by atoms with van der Waals surface area (Å²) < 4.78 is 11.9. The molecule has 1 saturated heterocycles. The number of thioether (sulfide) groups is 1. The van der Waals surface area contributed by atoms with E-state index in [2.05, 4.69) is 0 Å². The van der Waals surface area contributed by atoms with Crippen molar-refractivity contribution in [2.45, 2.75) is 13.5 Å². The van der Waals surface area contributed by atoms with E-state index in [1.54, 1.807) is 12.0 Å². The highest BCUT2D eigenvalue weighted by atomic mass is 35.5. The van der Waals surface area contributed by atoms with Crippen molar-refractivity contribution in [3.63, 3.8) is 0 Å². The molecule has 0 radical (unpaired) electrons. The molecule has 1 heterocycles. The van der Waals surface area contributed by atoms with Gasteiger partial charge < -0.3 is 9.47 Å². The molecule has 0 spiro atoms. The Kier molecular flexibility index (Phi) is 6.84. The Morgan fingerprint density at radius 3 is 2.62 bits per heavy atom. The largest absolute Gasteiger partial charge is 0.493 e. The van der Waals surface area contributed by atoms with Gasteiger partial charge >= 0.3 is 0 Å². The number of hydrogen-bond donors (Lipinski definition) is 0. The second-order valence-electron chi connectivity index (χ2n) is 7.15. The van der Waals surface area contributed by atoms with E-state index in [-0.39, 0.29) is 5.91 Å². The smallest absolute Gasteiger partial charge is 0.270 e. The maximum atomic E-state index is 13.0. The van der Waals surface area contributed by atoms with E-state index in [0.717, 1.165) is 22.4 Å². The van der Waals surface area contributed by atoms with Crippen LogP contribution in [0.15, 0.2) is 71.6 Å². The Balaban J connectivity index is 1.54. The second kappa shape index (κ2) is 9.77. The number of carbonyl (C=O) groups is 1. The molecular formula is C25H20ClNO3S2. The number of carbonyl (C=O) groups excluding carboxylic acids is 1. The average Bonchev–Trinajstić information content (AvgIpc) is 3.06. The van der Waals surface area contributed by atoms with Crippen molar-refractivity contribution >= 4 is 57.6 Å². The number of methoxy groups -OCH3 is 1. The number of halogens is 1. The monoisotopic (exact) mass is 481 g/mol. The van der Waals surface area contributed by atoms with Gasteiger partial charge in [-0.3, -0.25) is 9.69 Å². The molecule has 1 aliphatic rings. The van der Waals surface area contributed by atoms with Gasteiger partial charge in [-0.1, -0.05) is 72.0 Å². The zero-order valence-electron chi connectivity index (χ0n) is 17.5. The Hall–Kier alpha value is -2.80.